The SMILES string of the molecule is Cc1cc(CSc2ccccc2)ccc1NC(=O)CNc1ccc(Cl)c(S(=O)(=O)c2ccccc2)c1Cl. The number of hydrogen-bond donors (Lipinski definition) is 2. The number of carbonyl (C=O) groups excluding carboxylic acids is 1. The number of amides is 1. The maximum absolute atomic E-state index is 13.1. The lowest BCUT2D eigenvalue weighted by atomic mass is 10.1. The van der Waals surface area contributed by atoms with Crippen molar-refractivity contribution in [3.05, 3.63) is 112 Å². The Morgan fingerprint density at radius 2 is 1.51 bits per heavy atom. The lowest BCUT2D eigenvalue weighted by molar-refractivity contribution is -0.114. The van der Waals surface area contributed by atoms with Crippen LogP contribution in [0.3, 0.4) is 0 Å². The molecular formula is C28H24Cl2N2O3S2. The van der Waals surface area contributed by atoms with Crippen LogP contribution in [0.5, 0.6) is 0 Å². The van der Waals surface area contributed by atoms with Crippen molar-refractivity contribution in [3.63, 3.8) is 0 Å². The van der Waals surface area contributed by atoms with E-state index in [1.54, 1.807) is 36.0 Å². The molecule has 5 nitrogen and oxygen atoms in total. The summed E-state index contributed by atoms with van der Waals surface area (Å²) in [5.74, 6) is 0.525. The third-order valence-electron chi connectivity index (χ3n) is 5.52. The van der Waals surface area contributed by atoms with Crippen LogP contribution in [0.1, 0.15) is 11.1 Å². The summed E-state index contributed by atoms with van der Waals surface area (Å²) in [5, 5.41) is 5.75. The van der Waals surface area contributed by atoms with Gasteiger partial charge in [0.25, 0.3) is 0 Å². The van der Waals surface area contributed by atoms with E-state index in [4.69, 9.17) is 23.2 Å². The van der Waals surface area contributed by atoms with E-state index in [0.717, 1.165) is 16.9 Å². The minimum Gasteiger partial charge on any atom is -0.375 e. The van der Waals surface area contributed by atoms with Crippen LogP contribution in [0.4, 0.5) is 11.4 Å². The number of aryl methyl sites for hydroxylation is 1. The summed E-state index contributed by atoms with van der Waals surface area (Å²) in [6, 6.07) is 27.0. The lowest BCUT2D eigenvalue weighted by Crippen LogP contribution is -2.22. The number of nitrogens with one attached hydrogen (secondary N) is 2. The van der Waals surface area contributed by atoms with E-state index in [9.17, 15) is 13.2 Å². The zero-order chi connectivity index (χ0) is 26.4. The summed E-state index contributed by atoms with van der Waals surface area (Å²) in [4.78, 5) is 13.7. The van der Waals surface area contributed by atoms with E-state index in [0.29, 0.717) is 11.4 Å². The Bertz CT molecular complexity index is 1510. The smallest absolute Gasteiger partial charge is 0.243 e. The molecule has 190 valence electrons. The standard InChI is InChI=1S/C28H24Cl2N2O3S2/c1-19-16-20(18-36-21-8-4-2-5-9-21)12-14-24(19)32-26(33)17-31-25-15-13-23(29)28(27(25)30)37(34,35)22-10-6-3-7-11-22/h2-16,31H,17-18H2,1H3,(H,32,33). The summed E-state index contributed by atoms with van der Waals surface area (Å²) in [5.41, 5.74) is 3.10. The van der Waals surface area contributed by atoms with Crippen LogP contribution >= 0.6 is 35.0 Å². The van der Waals surface area contributed by atoms with Crippen molar-refractivity contribution < 1.29 is 13.2 Å². The molecule has 0 aliphatic carbocycles. The first-order chi connectivity index (χ1) is 17.8. The van der Waals surface area contributed by atoms with Gasteiger partial charge in [0, 0.05) is 16.3 Å². The number of halogens is 2. The van der Waals surface area contributed by atoms with E-state index in [1.165, 1.54) is 23.1 Å². The molecule has 0 radical (unpaired) electrons. The number of hydrogen-bond acceptors (Lipinski definition) is 5. The molecule has 4 aromatic rings. The highest BCUT2D eigenvalue weighted by Gasteiger charge is 2.26. The molecule has 0 aliphatic heterocycles. The molecule has 0 fully saturated rings. The minimum atomic E-state index is -3.95. The van der Waals surface area contributed by atoms with E-state index in [-0.39, 0.29) is 32.3 Å². The molecule has 0 bridgehead atoms. The third-order valence-corrected chi connectivity index (χ3v) is 9.39. The van der Waals surface area contributed by atoms with Crippen LogP contribution in [0, 0.1) is 6.92 Å². The van der Waals surface area contributed by atoms with Gasteiger partial charge in [-0.15, -0.1) is 11.8 Å². The third kappa shape index (κ3) is 6.67. The predicted molar refractivity (Wildman–Crippen MR) is 153 cm³/mol. The second-order valence-corrected chi connectivity index (χ2v) is 11.9. The molecule has 0 atom stereocenters. The molecule has 0 unspecified atom stereocenters. The number of carbonyl (C=O) groups is 1. The van der Waals surface area contributed by atoms with Gasteiger partial charge >= 0.3 is 0 Å². The second-order valence-electron chi connectivity index (χ2n) is 8.21. The average Bonchev–Trinajstić information content (AvgIpc) is 2.89. The molecular weight excluding hydrogens is 547 g/mol. The summed E-state index contributed by atoms with van der Waals surface area (Å²) >= 11 is 14.4. The first-order valence-electron chi connectivity index (χ1n) is 11.3. The first-order valence-corrected chi connectivity index (χ1v) is 14.6. The van der Waals surface area contributed by atoms with Gasteiger partial charge < -0.3 is 10.6 Å². The van der Waals surface area contributed by atoms with Gasteiger partial charge in [-0.2, -0.15) is 0 Å². The number of rotatable bonds is 9. The van der Waals surface area contributed by atoms with Crippen molar-refractivity contribution >= 4 is 62.1 Å². The van der Waals surface area contributed by atoms with Gasteiger partial charge in [0.2, 0.25) is 15.7 Å². The van der Waals surface area contributed by atoms with Gasteiger partial charge in [-0.05, 0) is 60.5 Å². The summed E-state index contributed by atoms with van der Waals surface area (Å²) in [6.07, 6.45) is 0. The Kier molecular flexibility index (Phi) is 8.82. The molecule has 1 amide bonds. The molecule has 0 aliphatic rings. The van der Waals surface area contributed by atoms with E-state index in [2.05, 4.69) is 28.8 Å². The Morgan fingerprint density at radius 1 is 0.865 bits per heavy atom. The Labute approximate surface area is 231 Å². The molecule has 4 rings (SSSR count). The van der Waals surface area contributed by atoms with Crippen molar-refractivity contribution in [3.8, 4) is 0 Å². The zero-order valence-electron chi connectivity index (χ0n) is 19.9. The molecule has 2 N–H and O–H groups in total. The molecule has 0 saturated carbocycles. The highest BCUT2D eigenvalue weighted by molar-refractivity contribution is 7.98. The van der Waals surface area contributed by atoms with Crippen LogP contribution in [-0.4, -0.2) is 20.9 Å². The normalized spacial score (nSPS) is 11.2. The van der Waals surface area contributed by atoms with Crippen molar-refractivity contribution in [1.82, 2.24) is 0 Å². The Hall–Kier alpha value is -2.97. The largest absolute Gasteiger partial charge is 0.375 e. The molecule has 0 aromatic heterocycles. The van der Waals surface area contributed by atoms with Gasteiger partial charge in [-0.3, -0.25) is 4.79 Å². The fourth-order valence-electron chi connectivity index (χ4n) is 3.64. The van der Waals surface area contributed by atoms with E-state index >= 15 is 0 Å². The second kappa shape index (κ2) is 12.0. The van der Waals surface area contributed by atoms with E-state index < -0.39 is 9.84 Å². The van der Waals surface area contributed by atoms with E-state index in [1.807, 2.05) is 37.3 Å². The molecule has 4 aromatic carbocycles. The molecule has 9 heteroatoms. The van der Waals surface area contributed by atoms with Gasteiger partial charge in [0.15, 0.2) is 0 Å². The number of anilines is 2. The highest BCUT2D eigenvalue weighted by Crippen LogP contribution is 2.38. The van der Waals surface area contributed by atoms with Crippen LogP contribution in [0.15, 0.2) is 106 Å². The molecule has 0 spiro atoms. The average molecular weight is 572 g/mol. The van der Waals surface area contributed by atoms with Crippen LogP contribution in [0.25, 0.3) is 0 Å². The molecule has 0 saturated heterocycles. The van der Waals surface area contributed by atoms with Gasteiger partial charge in [0.05, 0.1) is 27.2 Å². The van der Waals surface area contributed by atoms with Crippen molar-refractivity contribution in [2.75, 3.05) is 17.2 Å². The Balaban J connectivity index is 1.41. The topological polar surface area (TPSA) is 75.3 Å². The number of benzene rings is 4. The fourth-order valence-corrected chi connectivity index (χ4v) is 6.97. The van der Waals surface area contributed by atoms with Crippen LogP contribution in [-0.2, 0) is 20.4 Å². The lowest BCUT2D eigenvalue weighted by Gasteiger charge is -2.15. The van der Waals surface area contributed by atoms with Crippen molar-refractivity contribution in [2.45, 2.75) is 27.4 Å². The van der Waals surface area contributed by atoms with Crippen LogP contribution in [0.2, 0.25) is 10.0 Å². The van der Waals surface area contributed by atoms with Gasteiger partial charge in [-0.25, -0.2) is 8.42 Å². The maximum atomic E-state index is 13.1. The number of sulfone groups is 1. The fraction of sp³-hybridized carbons (Fsp3) is 0.107. The summed E-state index contributed by atoms with van der Waals surface area (Å²) in [6.45, 7) is 1.83. The maximum Gasteiger partial charge on any atom is 0.243 e. The van der Waals surface area contributed by atoms with Crippen molar-refractivity contribution in [1.29, 1.82) is 0 Å². The molecule has 0 heterocycles. The monoisotopic (exact) mass is 570 g/mol. The minimum absolute atomic E-state index is 0.00463. The van der Waals surface area contributed by atoms with Gasteiger partial charge in [0.1, 0.15) is 4.90 Å². The Morgan fingerprint density at radius 3 is 2.19 bits per heavy atom. The van der Waals surface area contributed by atoms with Crippen LogP contribution < -0.4 is 10.6 Å². The first kappa shape index (κ1) is 27.1. The number of thioether (sulfide) groups is 1. The predicted octanol–water partition coefficient (Wildman–Crippen LogP) is 7.48. The summed E-state index contributed by atoms with van der Waals surface area (Å²) in [7, 11) is -3.95. The highest BCUT2D eigenvalue weighted by atomic mass is 35.5. The quantitative estimate of drug-likeness (QED) is 0.204. The summed E-state index contributed by atoms with van der Waals surface area (Å²) < 4.78 is 26.2. The molecule has 37 heavy (non-hydrogen) atoms. The van der Waals surface area contributed by atoms with Crippen molar-refractivity contribution in [2.24, 2.45) is 0 Å². The zero-order valence-corrected chi connectivity index (χ0v) is 23.0. The van der Waals surface area contributed by atoms with Gasteiger partial charge in [-0.1, -0.05) is 71.7 Å².